The lowest BCUT2D eigenvalue weighted by atomic mass is 10.1. The number of amides is 1. The number of alkyl halides is 4. The monoisotopic (exact) mass is 306 g/mol. The lowest BCUT2D eigenvalue weighted by Crippen LogP contribution is -2.41. The van der Waals surface area contributed by atoms with Crippen LogP contribution in [0.1, 0.15) is 18.1 Å². The third-order valence-electron chi connectivity index (χ3n) is 2.45. The van der Waals surface area contributed by atoms with E-state index < -0.39 is 34.7 Å². The Morgan fingerprint density at radius 2 is 2.10 bits per heavy atom. The Morgan fingerprint density at radius 1 is 1.50 bits per heavy atom. The summed E-state index contributed by atoms with van der Waals surface area (Å²) in [6.45, 7) is 1.13. The number of carbonyl (C=O) groups excluding carboxylic acids is 1. The second-order valence-electron chi connectivity index (χ2n) is 4.23. The highest BCUT2D eigenvalue weighted by Gasteiger charge is 2.34. The van der Waals surface area contributed by atoms with Crippen LogP contribution < -0.4 is 5.32 Å². The molecule has 0 aliphatic heterocycles. The van der Waals surface area contributed by atoms with Crippen LogP contribution in [0.25, 0.3) is 0 Å². The molecule has 0 aliphatic carbocycles. The molecule has 0 unspecified atom stereocenters. The molecule has 1 atom stereocenters. The minimum absolute atomic E-state index is 0.188. The second-order valence-corrected chi connectivity index (χ2v) is 4.50. The van der Waals surface area contributed by atoms with Gasteiger partial charge in [-0.15, -0.1) is 11.6 Å². The third kappa shape index (κ3) is 3.62. The molecule has 1 aromatic rings. The molecule has 4 nitrogen and oxygen atoms in total. The van der Waals surface area contributed by atoms with Crippen LogP contribution in [0.15, 0.2) is 18.2 Å². The first-order valence-electron chi connectivity index (χ1n) is 5.33. The van der Waals surface area contributed by atoms with Crippen molar-refractivity contribution in [3.05, 3.63) is 29.3 Å². The van der Waals surface area contributed by atoms with Crippen molar-refractivity contribution >= 4 is 23.2 Å². The predicted octanol–water partition coefficient (Wildman–Crippen LogP) is 2.51. The molecule has 20 heavy (non-hydrogen) atoms. The van der Waals surface area contributed by atoms with Crippen molar-refractivity contribution in [1.29, 1.82) is 5.26 Å². The summed E-state index contributed by atoms with van der Waals surface area (Å²) in [5.41, 5.74) is -3.82. The lowest BCUT2D eigenvalue weighted by molar-refractivity contribution is -0.137. The SMILES string of the molecule is C[C@@](O)(CCl)C(=O)Nc1ccc(C#N)c(C(F)(F)F)c1. The van der Waals surface area contributed by atoms with E-state index in [1.54, 1.807) is 0 Å². The van der Waals surface area contributed by atoms with Gasteiger partial charge in [-0.25, -0.2) is 0 Å². The number of aliphatic hydroxyl groups is 1. The number of halogens is 4. The summed E-state index contributed by atoms with van der Waals surface area (Å²) in [5.74, 6) is -1.35. The molecule has 1 aromatic carbocycles. The van der Waals surface area contributed by atoms with Crippen molar-refractivity contribution in [3.8, 4) is 6.07 Å². The molecule has 1 rings (SSSR count). The van der Waals surface area contributed by atoms with Crippen molar-refractivity contribution in [2.75, 3.05) is 11.2 Å². The number of hydrogen-bond acceptors (Lipinski definition) is 3. The van der Waals surface area contributed by atoms with Crippen LogP contribution in [0.2, 0.25) is 0 Å². The molecule has 0 saturated heterocycles. The molecule has 108 valence electrons. The van der Waals surface area contributed by atoms with Crippen LogP contribution in [-0.2, 0) is 11.0 Å². The maximum Gasteiger partial charge on any atom is 0.417 e. The molecule has 0 fully saturated rings. The van der Waals surface area contributed by atoms with Crippen molar-refractivity contribution in [1.82, 2.24) is 0 Å². The van der Waals surface area contributed by atoms with E-state index in [0.29, 0.717) is 6.07 Å². The minimum Gasteiger partial charge on any atom is -0.379 e. The van der Waals surface area contributed by atoms with Gasteiger partial charge in [0.25, 0.3) is 5.91 Å². The fourth-order valence-corrected chi connectivity index (χ4v) is 1.40. The normalized spacial score (nSPS) is 14.2. The standard InChI is InChI=1S/C12H10ClF3N2O2/c1-11(20,6-13)10(19)18-8-3-2-7(5-17)9(4-8)12(14,15)16/h2-4,20H,6H2,1H3,(H,18,19)/t11-/m1/s1. The predicted molar refractivity (Wildman–Crippen MR) is 66.1 cm³/mol. The molecule has 0 radical (unpaired) electrons. The van der Waals surface area contributed by atoms with Crippen molar-refractivity contribution < 1.29 is 23.1 Å². The van der Waals surface area contributed by atoms with Crippen molar-refractivity contribution in [2.45, 2.75) is 18.7 Å². The van der Waals surface area contributed by atoms with Gasteiger partial charge in [0.2, 0.25) is 0 Å². The molecule has 1 amide bonds. The van der Waals surface area contributed by atoms with Crippen LogP contribution >= 0.6 is 11.6 Å². The zero-order valence-corrected chi connectivity index (χ0v) is 11.0. The first kappa shape index (κ1) is 16.3. The third-order valence-corrected chi connectivity index (χ3v) is 2.97. The Kier molecular flexibility index (Phi) is 4.63. The van der Waals surface area contributed by atoms with Gasteiger partial charge in [0.05, 0.1) is 23.1 Å². The van der Waals surface area contributed by atoms with Gasteiger partial charge in [-0.1, -0.05) is 0 Å². The molecule has 0 bridgehead atoms. The van der Waals surface area contributed by atoms with Gasteiger partial charge in [0.1, 0.15) is 0 Å². The number of hydrogen-bond donors (Lipinski definition) is 2. The Balaban J connectivity index is 3.12. The summed E-state index contributed by atoms with van der Waals surface area (Å²) < 4.78 is 38.2. The van der Waals surface area contributed by atoms with Crippen molar-refractivity contribution in [2.24, 2.45) is 0 Å². The lowest BCUT2D eigenvalue weighted by Gasteiger charge is -2.19. The quantitative estimate of drug-likeness (QED) is 0.843. The fraction of sp³-hybridized carbons (Fsp3) is 0.333. The van der Waals surface area contributed by atoms with Crippen LogP contribution in [0.5, 0.6) is 0 Å². The van der Waals surface area contributed by atoms with E-state index in [1.807, 2.05) is 0 Å². The summed E-state index contributed by atoms with van der Waals surface area (Å²) in [5, 5.41) is 20.3. The first-order chi connectivity index (χ1) is 9.11. The van der Waals surface area contributed by atoms with Gasteiger partial charge in [0, 0.05) is 5.69 Å². The van der Waals surface area contributed by atoms with E-state index in [9.17, 15) is 23.1 Å². The number of carbonyl (C=O) groups is 1. The minimum atomic E-state index is -4.72. The molecular formula is C12H10ClF3N2O2. The summed E-state index contributed by atoms with van der Waals surface area (Å²) in [7, 11) is 0. The molecule has 2 N–H and O–H groups in total. The smallest absolute Gasteiger partial charge is 0.379 e. The number of anilines is 1. The number of nitrogens with zero attached hydrogens (tertiary/aromatic N) is 1. The Bertz CT molecular complexity index is 565. The summed E-state index contributed by atoms with van der Waals surface area (Å²) in [6, 6.07) is 4.12. The molecule has 0 aliphatic rings. The van der Waals surface area contributed by atoms with Gasteiger partial charge in [0.15, 0.2) is 5.60 Å². The molecule has 0 heterocycles. The Morgan fingerprint density at radius 3 is 2.55 bits per heavy atom. The van der Waals surface area contributed by atoms with E-state index in [2.05, 4.69) is 5.32 Å². The Labute approximate surface area is 117 Å². The molecule has 0 saturated carbocycles. The zero-order chi connectivity index (χ0) is 15.6. The average Bonchev–Trinajstić information content (AvgIpc) is 2.37. The van der Waals surface area contributed by atoms with Gasteiger partial charge < -0.3 is 10.4 Å². The van der Waals surface area contributed by atoms with Gasteiger partial charge in [-0.3, -0.25) is 4.79 Å². The summed E-state index contributed by atoms with van der Waals surface area (Å²) in [6.07, 6.45) is -4.72. The van der Waals surface area contributed by atoms with E-state index in [1.165, 1.54) is 6.07 Å². The second kappa shape index (κ2) is 5.69. The summed E-state index contributed by atoms with van der Waals surface area (Å²) >= 11 is 5.37. The first-order valence-corrected chi connectivity index (χ1v) is 5.86. The maximum atomic E-state index is 12.7. The van der Waals surface area contributed by atoms with E-state index in [-0.39, 0.29) is 5.69 Å². The van der Waals surface area contributed by atoms with Gasteiger partial charge in [-0.2, -0.15) is 18.4 Å². The largest absolute Gasteiger partial charge is 0.417 e. The number of nitriles is 1. The van der Waals surface area contributed by atoms with E-state index in [0.717, 1.165) is 19.1 Å². The Hall–Kier alpha value is -1.78. The van der Waals surface area contributed by atoms with E-state index in [4.69, 9.17) is 16.9 Å². The van der Waals surface area contributed by atoms with Crippen LogP contribution in [-0.4, -0.2) is 22.5 Å². The number of nitrogens with one attached hydrogen (secondary N) is 1. The van der Waals surface area contributed by atoms with Gasteiger partial charge in [-0.05, 0) is 25.1 Å². The van der Waals surface area contributed by atoms with Crippen LogP contribution in [0.3, 0.4) is 0 Å². The highest BCUT2D eigenvalue weighted by atomic mass is 35.5. The maximum absolute atomic E-state index is 12.7. The van der Waals surface area contributed by atoms with E-state index >= 15 is 0 Å². The molecule has 0 spiro atoms. The molecule has 8 heteroatoms. The number of rotatable bonds is 3. The molecular weight excluding hydrogens is 297 g/mol. The number of benzene rings is 1. The average molecular weight is 307 g/mol. The summed E-state index contributed by atoms with van der Waals surface area (Å²) in [4.78, 5) is 11.6. The topological polar surface area (TPSA) is 73.1 Å². The fourth-order valence-electron chi connectivity index (χ4n) is 1.28. The van der Waals surface area contributed by atoms with Crippen molar-refractivity contribution in [3.63, 3.8) is 0 Å². The van der Waals surface area contributed by atoms with Gasteiger partial charge >= 0.3 is 6.18 Å². The van der Waals surface area contributed by atoms with Crippen LogP contribution in [0.4, 0.5) is 18.9 Å². The molecule has 0 aromatic heterocycles. The highest BCUT2D eigenvalue weighted by molar-refractivity contribution is 6.21. The zero-order valence-electron chi connectivity index (χ0n) is 10.3. The highest BCUT2D eigenvalue weighted by Crippen LogP contribution is 2.33. The van der Waals surface area contributed by atoms with Crippen LogP contribution in [0, 0.1) is 11.3 Å².